The summed E-state index contributed by atoms with van der Waals surface area (Å²) >= 11 is 11.1. The van der Waals surface area contributed by atoms with Gasteiger partial charge in [0.2, 0.25) is 0 Å². The van der Waals surface area contributed by atoms with Crippen LogP contribution in [-0.4, -0.2) is 0 Å². The second-order valence-electron chi connectivity index (χ2n) is 2.35. The fourth-order valence-corrected chi connectivity index (χ4v) is 3.68. The molecule has 0 atom stereocenters. The SMILES string of the molecule is Brc1cc2scc(I)c2cc1Br. The number of hydrogen-bond acceptors (Lipinski definition) is 1. The van der Waals surface area contributed by atoms with Gasteiger partial charge in [0.25, 0.3) is 0 Å². The lowest BCUT2D eigenvalue weighted by atomic mass is 10.3. The summed E-state index contributed by atoms with van der Waals surface area (Å²) in [6.07, 6.45) is 0. The van der Waals surface area contributed by atoms with E-state index >= 15 is 0 Å². The first-order valence-electron chi connectivity index (χ1n) is 3.20. The Kier molecular flexibility index (Phi) is 2.79. The Hall–Kier alpha value is 0.870. The fourth-order valence-electron chi connectivity index (χ4n) is 0.991. The lowest BCUT2D eigenvalue weighted by Crippen LogP contribution is -1.70. The summed E-state index contributed by atoms with van der Waals surface area (Å²) in [5, 5.41) is 3.50. The Labute approximate surface area is 105 Å². The van der Waals surface area contributed by atoms with Crippen LogP contribution in [0, 0.1) is 3.57 Å². The van der Waals surface area contributed by atoms with Crippen molar-refractivity contribution in [3.63, 3.8) is 0 Å². The molecule has 0 aliphatic rings. The first-order valence-corrected chi connectivity index (χ1v) is 6.74. The van der Waals surface area contributed by atoms with Gasteiger partial charge in [-0.15, -0.1) is 11.3 Å². The fraction of sp³-hybridized carbons (Fsp3) is 0. The van der Waals surface area contributed by atoms with Crippen molar-refractivity contribution < 1.29 is 0 Å². The van der Waals surface area contributed by atoms with E-state index in [-0.39, 0.29) is 0 Å². The van der Waals surface area contributed by atoms with Gasteiger partial charge >= 0.3 is 0 Å². The van der Waals surface area contributed by atoms with Crippen LogP contribution in [0.25, 0.3) is 10.1 Å². The average Bonchev–Trinajstić information content (AvgIpc) is 2.35. The minimum atomic E-state index is 1.12. The molecule has 62 valence electrons. The minimum Gasteiger partial charge on any atom is -0.143 e. The van der Waals surface area contributed by atoms with Crippen molar-refractivity contribution in [1.82, 2.24) is 0 Å². The van der Waals surface area contributed by atoms with Crippen LogP contribution in [0.15, 0.2) is 26.5 Å². The number of hydrogen-bond donors (Lipinski definition) is 0. The molecule has 1 aromatic heterocycles. The Morgan fingerprint density at radius 2 is 1.83 bits per heavy atom. The van der Waals surface area contributed by atoms with Crippen molar-refractivity contribution in [3.05, 3.63) is 30.0 Å². The van der Waals surface area contributed by atoms with E-state index in [0.29, 0.717) is 0 Å². The largest absolute Gasteiger partial charge is 0.143 e. The molecule has 0 radical (unpaired) electrons. The predicted octanol–water partition coefficient (Wildman–Crippen LogP) is 5.03. The monoisotopic (exact) mass is 416 g/mol. The summed E-state index contributed by atoms with van der Waals surface area (Å²) in [6, 6.07) is 4.30. The Morgan fingerprint density at radius 3 is 2.58 bits per heavy atom. The first kappa shape index (κ1) is 9.43. The van der Waals surface area contributed by atoms with Crippen molar-refractivity contribution in [2.75, 3.05) is 0 Å². The van der Waals surface area contributed by atoms with E-state index < -0.39 is 0 Å². The molecule has 0 aliphatic heterocycles. The molecule has 1 aromatic carbocycles. The average molecular weight is 418 g/mol. The van der Waals surface area contributed by atoms with E-state index in [1.807, 2.05) is 0 Å². The molecule has 0 fully saturated rings. The Bertz CT molecular complexity index is 436. The highest BCUT2D eigenvalue weighted by Gasteiger charge is 2.04. The highest BCUT2D eigenvalue weighted by Crippen LogP contribution is 2.34. The minimum absolute atomic E-state index is 1.12. The highest BCUT2D eigenvalue weighted by molar-refractivity contribution is 14.1. The van der Waals surface area contributed by atoms with Crippen LogP contribution in [-0.2, 0) is 0 Å². The van der Waals surface area contributed by atoms with Crippen LogP contribution >= 0.6 is 65.8 Å². The summed E-state index contributed by atoms with van der Waals surface area (Å²) in [6.45, 7) is 0. The number of fused-ring (bicyclic) bond motifs is 1. The maximum absolute atomic E-state index is 3.49. The quantitative estimate of drug-likeness (QED) is 0.527. The third-order valence-electron chi connectivity index (χ3n) is 1.57. The van der Waals surface area contributed by atoms with Gasteiger partial charge in [-0.1, -0.05) is 0 Å². The topological polar surface area (TPSA) is 0 Å². The Morgan fingerprint density at radius 1 is 1.17 bits per heavy atom. The second kappa shape index (κ2) is 3.55. The smallest absolute Gasteiger partial charge is 0.0365 e. The van der Waals surface area contributed by atoms with Crippen LogP contribution < -0.4 is 0 Å². The summed E-state index contributed by atoms with van der Waals surface area (Å²) < 4.78 is 4.88. The van der Waals surface area contributed by atoms with Crippen molar-refractivity contribution >= 4 is 75.9 Å². The molecule has 12 heavy (non-hydrogen) atoms. The molecule has 0 saturated heterocycles. The van der Waals surface area contributed by atoms with Gasteiger partial charge in [0.05, 0.1) is 0 Å². The lowest BCUT2D eigenvalue weighted by Gasteiger charge is -1.96. The van der Waals surface area contributed by atoms with Gasteiger partial charge in [-0.2, -0.15) is 0 Å². The normalized spacial score (nSPS) is 10.9. The van der Waals surface area contributed by atoms with Crippen LogP contribution in [0.1, 0.15) is 0 Å². The van der Waals surface area contributed by atoms with Gasteiger partial charge in [-0.25, -0.2) is 0 Å². The van der Waals surface area contributed by atoms with E-state index in [9.17, 15) is 0 Å². The van der Waals surface area contributed by atoms with Gasteiger partial charge < -0.3 is 0 Å². The molecule has 0 aliphatic carbocycles. The molecule has 1 heterocycles. The van der Waals surface area contributed by atoms with Crippen molar-refractivity contribution in [2.45, 2.75) is 0 Å². The molecule has 0 unspecified atom stereocenters. The molecular formula is C8H3Br2IS. The zero-order chi connectivity index (χ0) is 8.72. The summed E-state index contributed by atoms with van der Waals surface area (Å²) in [5.74, 6) is 0. The van der Waals surface area contributed by atoms with Crippen LogP contribution in [0.2, 0.25) is 0 Å². The molecule has 0 nitrogen and oxygen atoms in total. The third kappa shape index (κ3) is 1.58. The van der Waals surface area contributed by atoms with Crippen LogP contribution in [0.4, 0.5) is 0 Å². The summed E-state index contributed by atoms with van der Waals surface area (Å²) in [4.78, 5) is 0. The van der Waals surface area contributed by atoms with Crippen molar-refractivity contribution in [3.8, 4) is 0 Å². The number of rotatable bonds is 0. The Balaban J connectivity index is 2.87. The van der Waals surface area contributed by atoms with Crippen molar-refractivity contribution in [2.24, 2.45) is 0 Å². The van der Waals surface area contributed by atoms with Gasteiger partial charge in [0.15, 0.2) is 0 Å². The first-order chi connectivity index (χ1) is 5.68. The molecule has 0 amide bonds. The molecule has 0 spiro atoms. The maximum atomic E-state index is 3.49. The van der Waals surface area contributed by atoms with E-state index in [1.54, 1.807) is 11.3 Å². The number of thiophene rings is 1. The van der Waals surface area contributed by atoms with E-state index in [4.69, 9.17) is 0 Å². The number of benzene rings is 1. The van der Waals surface area contributed by atoms with E-state index in [1.165, 1.54) is 13.7 Å². The molecule has 0 saturated carbocycles. The molecule has 2 rings (SSSR count). The molecule has 0 bridgehead atoms. The number of halogens is 3. The van der Waals surface area contributed by atoms with Gasteiger partial charge in [-0.3, -0.25) is 0 Å². The molecule has 0 N–H and O–H groups in total. The zero-order valence-electron chi connectivity index (χ0n) is 5.77. The standard InChI is InChI=1S/C8H3Br2IS/c9-5-1-4-7(11)3-12-8(4)2-6(5)10/h1-3H. The van der Waals surface area contributed by atoms with Gasteiger partial charge in [0.1, 0.15) is 0 Å². The molecular weight excluding hydrogens is 415 g/mol. The van der Waals surface area contributed by atoms with E-state index in [0.717, 1.165) is 8.95 Å². The summed E-state index contributed by atoms with van der Waals surface area (Å²) in [7, 11) is 0. The molecule has 4 heteroatoms. The molecule has 2 aromatic rings. The lowest BCUT2D eigenvalue weighted by molar-refractivity contribution is 1.68. The third-order valence-corrected chi connectivity index (χ3v) is 5.67. The summed E-state index contributed by atoms with van der Waals surface area (Å²) in [5.41, 5.74) is 0. The van der Waals surface area contributed by atoms with Gasteiger partial charge in [0, 0.05) is 28.0 Å². The zero-order valence-corrected chi connectivity index (χ0v) is 11.9. The van der Waals surface area contributed by atoms with Crippen molar-refractivity contribution in [1.29, 1.82) is 0 Å². The van der Waals surface area contributed by atoms with Crippen LogP contribution in [0.3, 0.4) is 0 Å². The van der Waals surface area contributed by atoms with Crippen LogP contribution in [0.5, 0.6) is 0 Å². The maximum Gasteiger partial charge on any atom is 0.0365 e. The predicted molar refractivity (Wildman–Crippen MR) is 69.9 cm³/mol. The highest BCUT2D eigenvalue weighted by atomic mass is 127. The van der Waals surface area contributed by atoms with Gasteiger partial charge in [-0.05, 0) is 66.6 Å². The second-order valence-corrected chi connectivity index (χ2v) is 6.13. The van der Waals surface area contributed by atoms with E-state index in [2.05, 4.69) is 72.0 Å².